The molecule has 1 aliphatic heterocycles. The number of methoxy groups -OCH3 is 1. The second-order valence-electron chi connectivity index (χ2n) is 9.68. The number of aromatic nitrogens is 1. The predicted octanol–water partition coefficient (Wildman–Crippen LogP) is 6.77. The minimum absolute atomic E-state index is 0.126. The topological polar surface area (TPSA) is 62.7 Å². The minimum Gasteiger partial charge on any atom is -0.497 e. The Bertz CT molecular complexity index is 1190. The van der Waals surface area contributed by atoms with E-state index in [9.17, 15) is 14.3 Å². The Kier molecular flexibility index (Phi) is 9.75. The number of ether oxygens (including phenoxy) is 1. The highest BCUT2D eigenvalue weighted by Gasteiger charge is 2.30. The van der Waals surface area contributed by atoms with E-state index in [0.717, 1.165) is 47.6 Å². The number of alkyl halides is 1. The van der Waals surface area contributed by atoms with E-state index in [1.54, 1.807) is 43.3 Å². The summed E-state index contributed by atoms with van der Waals surface area (Å²) in [5.41, 5.74) is 1.36. The molecule has 1 N–H and O–H groups in total. The number of fused-ring (bicyclic) bond motifs is 1. The van der Waals surface area contributed by atoms with Crippen molar-refractivity contribution in [2.45, 2.75) is 43.2 Å². The van der Waals surface area contributed by atoms with E-state index in [4.69, 9.17) is 4.74 Å². The summed E-state index contributed by atoms with van der Waals surface area (Å²) in [5.74, 6) is 0.983. The molecule has 3 aromatic rings. The number of thioether (sulfide) groups is 1. The van der Waals surface area contributed by atoms with E-state index in [1.807, 2.05) is 24.3 Å². The number of carboxylic acid groups (broad SMARTS) is 1. The Labute approximate surface area is 221 Å². The number of halogens is 2. The van der Waals surface area contributed by atoms with Crippen LogP contribution < -0.4 is 4.74 Å². The molecule has 2 aromatic carbocycles. The molecular formula is C29H34F2N2O3S. The smallest absolute Gasteiger partial charge is 0.303 e. The zero-order valence-corrected chi connectivity index (χ0v) is 21.9. The van der Waals surface area contributed by atoms with Crippen molar-refractivity contribution in [3.05, 3.63) is 66.1 Å². The van der Waals surface area contributed by atoms with Crippen molar-refractivity contribution in [1.82, 2.24) is 9.88 Å². The van der Waals surface area contributed by atoms with E-state index in [0.29, 0.717) is 30.6 Å². The van der Waals surface area contributed by atoms with Crippen molar-refractivity contribution < 1.29 is 23.4 Å². The molecule has 0 radical (unpaired) electrons. The molecular weight excluding hydrogens is 494 g/mol. The van der Waals surface area contributed by atoms with E-state index < -0.39 is 12.1 Å². The molecule has 1 aromatic heterocycles. The van der Waals surface area contributed by atoms with Crippen LogP contribution in [-0.2, 0) is 4.79 Å². The predicted molar refractivity (Wildman–Crippen MR) is 143 cm³/mol. The lowest BCUT2D eigenvalue weighted by Crippen LogP contribution is -2.41. The Morgan fingerprint density at radius 2 is 2.08 bits per heavy atom. The quantitative estimate of drug-likeness (QED) is 0.262. The number of hydrogen-bond acceptors (Lipinski definition) is 5. The second-order valence-corrected chi connectivity index (χ2v) is 10.8. The summed E-state index contributed by atoms with van der Waals surface area (Å²) in [4.78, 5) is 18.9. The summed E-state index contributed by atoms with van der Waals surface area (Å²) >= 11 is 1.62. The van der Waals surface area contributed by atoms with Gasteiger partial charge in [0.2, 0.25) is 0 Å². The molecule has 0 spiro atoms. The van der Waals surface area contributed by atoms with Crippen LogP contribution in [0, 0.1) is 17.7 Å². The lowest BCUT2D eigenvalue weighted by Gasteiger charge is -2.39. The maximum atomic E-state index is 15.5. The van der Waals surface area contributed by atoms with Gasteiger partial charge in [-0.2, -0.15) is 0 Å². The highest BCUT2D eigenvalue weighted by atomic mass is 32.2. The number of nitrogens with zero attached hydrogens (tertiary/aromatic N) is 2. The zero-order valence-electron chi connectivity index (χ0n) is 21.1. The fraction of sp³-hybridized carbons (Fsp3) is 0.448. The summed E-state index contributed by atoms with van der Waals surface area (Å²) in [5, 5.41) is 10.0. The van der Waals surface area contributed by atoms with Gasteiger partial charge in [-0.15, -0.1) is 11.8 Å². The van der Waals surface area contributed by atoms with E-state index in [1.165, 1.54) is 6.07 Å². The van der Waals surface area contributed by atoms with Crippen molar-refractivity contribution in [2.24, 2.45) is 11.8 Å². The van der Waals surface area contributed by atoms with E-state index in [2.05, 4.69) is 9.88 Å². The molecule has 2 heterocycles. The lowest BCUT2D eigenvalue weighted by molar-refractivity contribution is -0.137. The molecule has 8 heteroatoms. The minimum atomic E-state index is -1.13. The van der Waals surface area contributed by atoms with Gasteiger partial charge >= 0.3 is 5.97 Å². The molecule has 0 amide bonds. The van der Waals surface area contributed by atoms with E-state index in [-0.39, 0.29) is 24.1 Å². The molecule has 0 aliphatic carbocycles. The van der Waals surface area contributed by atoms with Gasteiger partial charge in [0.25, 0.3) is 0 Å². The Morgan fingerprint density at radius 1 is 1.22 bits per heavy atom. The second kappa shape index (κ2) is 13.2. The van der Waals surface area contributed by atoms with Crippen LogP contribution in [0.1, 0.15) is 43.8 Å². The summed E-state index contributed by atoms with van der Waals surface area (Å²) in [7, 11) is 1.59. The van der Waals surface area contributed by atoms with Crippen LogP contribution in [0.5, 0.6) is 5.75 Å². The third-order valence-corrected chi connectivity index (χ3v) is 8.26. The molecule has 4 rings (SSSR count). The van der Waals surface area contributed by atoms with Crippen LogP contribution in [-0.4, -0.2) is 53.5 Å². The number of benzene rings is 2. The monoisotopic (exact) mass is 528 g/mol. The fourth-order valence-corrected chi connectivity index (χ4v) is 6.24. The largest absolute Gasteiger partial charge is 0.497 e. The molecule has 198 valence electrons. The molecule has 5 nitrogen and oxygen atoms in total. The van der Waals surface area contributed by atoms with Crippen molar-refractivity contribution in [2.75, 3.05) is 32.5 Å². The van der Waals surface area contributed by atoms with Crippen LogP contribution in [0.4, 0.5) is 8.78 Å². The number of piperidine rings is 1. The molecule has 0 bridgehead atoms. The molecule has 1 saturated heterocycles. The number of carbonyl (C=O) groups is 1. The fourth-order valence-electron chi connectivity index (χ4n) is 5.29. The first kappa shape index (κ1) is 27.3. The van der Waals surface area contributed by atoms with Crippen molar-refractivity contribution >= 4 is 28.6 Å². The first-order valence-electron chi connectivity index (χ1n) is 12.8. The lowest BCUT2D eigenvalue weighted by atomic mass is 9.79. The Hall–Kier alpha value is -2.71. The third kappa shape index (κ3) is 7.65. The maximum Gasteiger partial charge on any atom is 0.303 e. The maximum absolute atomic E-state index is 15.5. The average Bonchev–Trinajstić information content (AvgIpc) is 2.90. The van der Waals surface area contributed by atoms with E-state index >= 15 is 4.39 Å². The van der Waals surface area contributed by atoms with Crippen molar-refractivity contribution in [1.29, 1.82) is 0 Å². The van der Waals surface area contributed by atoms with Gasteiger partial charge < -0.3 is 14.7 Å². The Balaban J connectivity index is 1.35. The summed E-state index contributed by atoms with van der Waals surface area (Å²) < 4.78 is 34.3. The molecule has 0 saturated carbocycles. The van der Waals surface area contributed by atoms with Crippen LogP contribution in [0.15, 0.2) is 59.6 Å². The number of carboxylic acids is 1. The van der Waals surface area contributed by atoms with Crippen LogP contribution >= 0.6 is 11.8 Å². The van der Waals surface area contributed by atoms with Gasteiger partial charge in [-0.1, -0.05) is 6.07 Å². The first-order valence-corrected chi connectivity index (χ1v) is 13.8. The molecule has 3 atom stereocenters. The van der Waals surface area contributed by atoms with Gasteiger partial charge in [-0.25, -0.2) is 8.78 Å². The van der Waals surface area contributed by atoms with Gasteiger partial charge in [0.05, 0.1) is 12.6 Å². The van der Waals surface area contributed by atoms with Crippen LogP contribution in [0.2, 0.25) is 0 Å². The number of pyridine rings is 1. The highest BCUT2D eigenvalue weighted by molar-refractivity contribution is 7.99. The van der Waals surface area contributed by atoms with Gasteiger partial charge in [-0.3, -0.25) is 9.78 Å². The van der Waals surface area contributed by atoms with Crippen molar-refractivity contribution in [3.8, 4) is 5.75 Å². The SMILES string of the molecule is COc1ccc2nccc([C@@H](F)CCC3CCN(CCSc4cccc(F)c4)CC3CCC(=O)O)c2c1. The Morgan fingerprint density at radius 3 is 2.86 bits per heavy atom. The standard InChI is InChI=1S/C29H34F2N2O3S/c1-36-23-7-9-28-26(18-23)25(11-13-32-28)27(31)8-5-20-12-14-33(19-21(20)6-10-29(34)35)15-16-37-24-4-2-3-22(30)17-24/h2-4,7,9,11,13,17-18,20-21,27H,5-6,8,10,12,14-16,19H2,1H3,(H,34,35)/t20?,21?,27-/m0/s1. The molecule has 1 fully saturated rings. The number of rotatable bonds is 12. The molecule has 2 unspecified atom stereocenters. The first-order chi connectivity index (χ1) is 17.9. The van der Waals surface area contributed by atoms with Gasteiger partial charge in [0, 0.05) is 41.7 Å². The number of aliphatic carboxylic acids is 1. The molecule has 37 heavy (non-hydrogen) atoms. The number of hydrogen-bond donors (Lipinski definition) is 1. The van der Waals surface area contributed by atoms with Gasteiger partial charge in [-0.05, 0) is 92.1 Å². The molecule has 1 aliphatic rings. The average molecular weight is 529 g/mol. The van der Waals surface area contributed by atoms with Gasteiger partial charge in [0.1, 0.15) is 17.7 Å². The zero-order chi connectivity index (χ0) is 26.2. The summed E-state index contributed by atoms with van der Waals surface area (Å²) in [6.07, 6.45) is 3.27. The van der Waals surface area contributed by atoms with Crippen LogP contribution in [0.25, 0.3) is 10.9 Å². The normalized spacial score (nSPS) is 19.1. The number of likely N-dealkylation sites (tertiary alicyclic amines) is 1. The van der Waals surface area contributed by atoms with Crippen molar-refractivity contribution in [3.63, 3.8) is 0 Å². The third-order valence-electron chi connectivity index (χ3n) is 7.29. The van der Waals surface area contributed by atoms with Crippen LogP contribution in [0.3, 0.4) is 0 Å². The van der Waals surface area contributed by atoms with Gasteiger partial charge in [0.15, 0.2) is 0 Å². The summed E-state index contributed by atoms with van der Waals surface area (Å²) in [6, 6.07) is 13.9. The highest BCUT2D eigenvalue weighted by Crippen LogP contribution is 2.36. The summed E-state index contributed by atoms with van der Waals surface area (Å²) in [6.45, 7) is 2.58.